The Morgan fingerprint density at radius 1 is 0.971 bits per heavy atom. The second-order valence-corrected chi connectivity index (χ2v) is 9.21. The van der Waals surface area contributed by atoms with Crippen molar-refractivity contribution in [2.75, 3.05) is 46.4 Å². The zero-order valence-electron chi connectivity index (χ0n) is 19.2. The van der Waals surface area contributed by atoms with Crippen LogP contribution in [0.1, 0.15) is 5.82 Å². The Labute approximate surface area is 202 Å². The molecule has 8 heteroatoms. The molecule has 176 valence electrons. The molecule has 1 fully saturated rings. The van der Waals surface area contributed by atoms with Crippen molar-refractivity contribution in [1.29, 1.82) is 0 Å². The van der Waals surface area contributed by atoms with E-state index in [0.717, 1.165) is 66.0 Å². The van der Waals surface area contributed by atoms with Crippen LogP contribution in [0.3, 0.4) is 0 Å². The van der Waals surface area contributed by atoms with Gasteiger partial charge < -0.3 is 14.5 Å². The zero-order chi connectivity index (χ0) is 23.3. The molecule has 7 nitrogen and oxygen atoms in total. The molecule has 0 amide bonds. The molecule has 2 aromatic carbocycles. The lowest BCUT2D eigenvalue weighted by atomic mass is 10.1. The highest BCUT2D eigenvalue weighted by atomic mass is 32.1. The molecule has 0 bridgehead atoms. The summed E-state index contributed by atoms with van der Waals surface area (Å²) in [4.78, 5) is 26.2. The number of aromatic amines is 1. The van der Waals surface area contributed by atoms with Crippen molar-refractivity contribution in [2.45, 2.75) is 6.54 Å². The molecule has 1 saturated heterocycles. The second-order valence-electron chi connectivity index (χ2n) is 8.35. The normalized spacial score (nSPS) is 15.0. The van der Waals surface area contributed by atoms with E-state index in [-0.39, 0.29) is 5.56 Å². The second kappa shape index (κ2) is 10.4. The SMILES string of the molecule is COc1ccc(OCCN2CCN(Cc3nc4scc(-c5ccccc5)c4c(=O)[nH]3)CC2)cc1. The van der Waals surface area contributed by atoms with Crippen molar-refractivity contribution in [2.24, 2.45) is 0 Å². The molecule has 1 aliphatic heterocycles. The van der Waals surface area contributed by atoms with Gasteiger partial charge in [0.1, 0.15) is 28.8 Å². The van der Waals surface area contributed by atoms with E-state index in [4.69, 9.17) is 14.5 Å². The first kappa shape index (κ1) is 22.6. The van der Waals surface area contributed by atoms with Crippen LogP contribution in [0.2, 0.25) is 0 Å². The fourth-order valence-electron chi connectivity index (χ4n) is 4.25. The van der Waals surface area contributed by atoms with Gasteiger partial charge in [0.05, 0.1) is 19.0 Å². The maximum atomic E-state index is 12.9. The molecule has 1 N–H and O–H groups in total. The Hall–Kier alpha value is -3.20. The third-order valence-corrected chi connectivity index (χ3v) is 7.02. The van der Waals surface area contributed by atoms with Gasteiger partial charge >= 0.3 is 0 Å². The number of H-pyrrole nitrogens is 1. The molecule has 0 aliphatic carbocycles. The van der Waals surface area contributed by atoms with E-state index in [0.29, 0.717) is 18.5 Å². The van der Waals surface area contributed by atoms with Crippen LogP contribution in [-0.4, -0.2) is 66.2 Å². The average molecular weight is 477 g/mol. The highest BCUT2D eigenvalue weighted by Crippen LogP contribution is 2.30. The van der Waals surface area contributed by atoms with Gasteiger partial charge in [-0.25, -0.2) is 4.98 Å². The Bertz CT molecular complexity index is 1280. The molecule has 5 rings (SSSR count). The average Bonchev–Trinajstić information content (AvgIpc) is 3.31. The largest absolute Gasteiger partial charge is 0.497 e. The van der Waals surface area contributed by atoms with E-state index < -0.39 is 0 Å². The number of hydrogen-bond donors (Lipinski definition) is 1. The molecule has 0 spiro atoms. The number of ether oxygens (including phenoxy) is 2. The molecule has 0 atom stereocenters. The van der Waals surface area contributed by atoms with E-state index >= 15 is 0 Å². The number of rotatable bonds is 8. The van der Waals surface area contributed by atoms with Gasteiger partial charge in [-0.15, -0.1) is 11.3 Å². The van der Waals surface area contributed by atoms with Crippen molar-refractivity contribution >= 4 is 21.6 Å². The molecule has 3 heterocycles. The first-order chi connectivity index (χ1) is 16.7. The summed E-state index contributed by atoms with van der Waals surface area (Å²) in [5.41, 5.74) is 1.93. The molecule has 34 heavy (non-hydrogen) atoms. The minimum absolute atomic E-state index is 0.0607. The van der Waals surface area contributed by atoms with E-state index in [1.54, 1.807) is 7.11 Å². The number of aromatic nitrogens is 2. The first-order valence-corrected chi connectivity index (χ1v) is 12.3. The summed E-state index contributed by atoms with van der Waals surface area (Å²) in [7, 11) is 1.66. The monoisotopic (exact) mass is 476 g/mol. The zero-order valence-corrected chi connectivity index (χ0v) is 20.0. The molecular formula is C26H28N4O3S. The van der Waals surface area contributed by atoms with Crippen LogP contribution in [0.25, 0.3) is 21.3 Å². The topological polar surface area (TPSA) is 70.7 Å². The van der Waals surface area contributed by atoms with E-state index in [1.165, 1.54) is 11.3 Å². The van der Waals surface area contributed by atoms with Crippen molar-refractivity contribution < 1.29 is 9.47 Å². The van der Waals surface area contributed by atoms with Gasteiger partial charge in [0.15, 0.2) is 0 Å². The Morgan fingerprint density at radius 2 is 1.68 bits per heavy atom. The molecular weight excluding hydrogens is 448 g/mol. The fraction of sp³-hybridized carbons (Fsp3) is 0.308. The summed E-state index contributed by atoms with van der Waals surface area (Å²) in [6.07, 6.45) is 0. The van der Waals surface area contributed by atoms with E-state index in [1.807, 2.05) is 60.0 Å². The molecule has 1 aliphatic rings. The maximum Gasteiger partial charge on any atom is 0.260 e. The smallest absolute Gasteiger partial charge is 0.260 e. The third kappa shape index (κ3) is 5.14. The molecule has 0 radical (unpaired) electrons. The van der Waals surface area contributed by atoms with E-state index in [9.17, 15) is 4.79 Å². The number of methoxy groups -OCH3 is 1. The van der Waals surface area contributed by atoms with Crippen molar-refractivity contribution in [3.8, 4) is 22.6 Å². The number of thiophene rings is 1. The van der Waals surface area contributed by atoms with Gasteiger partial charge in [-0.05, 0) is 29.8 Å². The van der Waals surface area contributed by atoms with Crippen LogP contribution < -0.4 is 15.0 Å². The maximum absolute atomic E-state index is 12.9. The standard InChI is InChI=1S/C26H28N4O3S/c1-32-20-7-9-21(10-8-20)33-16-15-29-11-13-30(14-12-29)17-23-27-25(31)24-22(18-34-26(24)28-23)19-5-3-2-4-6-19/h2-10,18H,11-17H2,1H3,(H,27,28,31). The highest BCUT2D eigenvalue weighted by molar-refractivity contribution is 7.17. The summed E-state index contributed by atoms with van der Waals surface area (Å²) >= 11 is 1.53. The van der Waals surface area contributed by atoms with Gasteiger partial charge in [-0.2, -0.15) is 0 Å². The van der Waals surface area contributed by atoms with Crippen molar-refractivity contribution in [3.05, 3.63) is 76.2 Å². The summed E-state index contributed by atoms with van der Waals surface area (Å²) in [6.45, 7) is 6.00. The molecule has 2 aromatic heterocycles. The van der Waals surface area contributed by atoms with Gasteiger partial charge in [0.2, 0.25) is 0 Å². The number of nitrogens with zero attached hydrogens (tertiary/aromatic N) is 3. The van der Waals surface area contributed by atoms with Crippen LogP contribution in [0.15, 0.2) is 64.8 Å². The predicted molar refractivity (Wildman–Crippen MR) is 136 cm³/mol. The number of hydrogen-bond acceptors (Lipinski definition) is 7. The van der Waals surface area contributed by atoms with Gasteiger partial charge in [-0.1, -0.05) is 30.3 Å². The Kier molecular flexibility index (Phi) is 6.89. The number of fused-ring (bicyclic) bond motifs is 1. The number of benzene rings is 2. The third-order valence-electron chi connectivity index (χ3n) is 6.15. The lowest BCUT2D eigenvalue weighted by Crippen LogP contribution is -2.47. The van der Waals surface area contributed by atoms with Crippen LogP contribution >= 0.6 is 11.3 Å². The number of piperazine rings is 1. The highest BCUT2D eigenvalue weighted by Gasteiger charge is 2.19. The lowest BCUT2D eigenvalue weighted by molar-refractivity contribution is 0.111. The van der Waals surface area contributed by atoms with Gasteiger partial charge in [0.25, 0.3) is 5.56 Å². The fourth-order valence-corrected chi connectivity index (χ4v) is 5.21. The molecule has 4 aromatic rings. The van der Waals surface area contributed by atoms with Crippen LogP contribution in [-0.2, 0) is 6.54 Å². The number of nitrogens with one attached hydrogen (secondary N) is 1. The Morgan fingerprint density at radius 3 is 2.41 bits per heavy atom. The van der Waals surface area contributed by atoms with Gasteiger partial charge in [-0.3, -0.25) is 14.6 Å². The minimum Gasteiger partial charge on any atom is -0.497 e. The summed E-state index contributed by atoms with van der Waals surface area (Å²) in [5, 5.41) is 2.71. The summed E-state index contributed by atoms with van der Waals surface area (Å²) < 4.78 is 11.0. The molecule has 0 unspecified atom stereocenters. The first-order valence-electron chi connectivity index (χ1n) is 11.5. The summed E-state index contributed by atoms with van der Waals surface area (Å²) in [5.74, 6) is 2.42. The van der Waals surface area contributed by atoms with Crippen molar-refractivity contribution in [3.63, 3.8) is 0 Å². The lowest BCUT2D eigenvalue weighted by Gasteiger charge is -2.34. The van der Waals surface area contributed by atoms with Crippen LogP contribution in [0, 0.1) is 0 Å². The summed E-state index contributed by atoms with van der Waals surface area (Å²) in [6, 6.07) is 17.7. The van der Waals surface area contributed by atoms with Crippen LogP contribution in [0.5, 0.6) is 11.5 Å². The predicted octanol–water partition coefficient (Wildman–Crippen LogP) is 3.86. The minimum atomic E-state index is -0.0607. The Balaban J connectivity index is 1.14. The van der Waals surface area contributed by atoms with Crippen LogP contribution in [0.4, 0.5) is 0 Å². The quantitative estimate of drug-likeness (QED) is 0.417. The molecule has 0 saturated carbocycles. The van der Waals surface area contributed by atoms with E-state index in [2.05, 4.69) is 14.8 Å². The van der Waals surface area contributed by atoms with Crippen molar-refractivity contribution in [1.82, 2.24) is 19.8 Å². The van der Waals surface area contributed by atoms with Gasteiger partial charge in [0, 0.05) is 43.7 Å².